The molecule has 0 saturated heterocycles. The normalized spacial score (nSPS) is 47.1. The summed E-state index contributed by atoms with van der Waals surface area (Å²) >= 11 is 0. The van der Waals surface area contributed by atoms with Gasteiger partial charge < -0.3 is 5.11 Å². The minimum absolute atomic E-state index is 0.0185. The zero-order chi connectivity index (χ0) is 18.7. The molecule has 0 heterocycles. The van der Waals surface area contributed by atoms with E-state index >= 15 is 0 Å². The largest absolute Gasteiger partial charge is 0.393 e. The third-order valence-corrected chi connectivity index (χ3v) is 8.36. The molecule has 26 heavy (non-hydrogen) atoms. The van der Waals surface area contributed by atoms with E-state index in [0.717, 1.165) is 32.1 Å². The fourth-order valence-corrected chi connectivity index (χ4v) is 7.42. The van der Waals surface area contributed by atoms with E-state index in [9.17, 15) is 14.7 Å². The highest BCUT2D eigenvalue weighted by Crippen LogP contribution is 2.67. The van der Waals surface area contributed by atoms with Gasteiger partial charge in [0.25, 0.3) is 0 Å². The second kappa shape index (κ2) is 6.04. The van der Waals surface area contributed by atoms with Crippen molar-refractivity contribution in [2.24, 2.45) is 34.5 Å². The molecule has 7 atom stereocenters. The molecule has 3 fully saturated rings. The second-order valence-corrected chi connectivity index (χ2v) is 9.36. The van der Waals surface area contributed by atoms with Crippen LogP contribution in [0.4, 0.5) is 0 Å². The molecule has 0 aliphatic heterocycles. The van der Waals surface area contributed by atoms with Gasteiger partial charge in [-0.25, -0.2) is 0 Å². The molecule has 0 amide bonds. The first-order valence-corrected chi connectivity index (χ1v) is 10.1. The quantitative estimate of drug-likeness (QED) is 0.762. The van der Waals surface area contributed by atoms with E-state index in [-0.39, 0.29) is 34.2 Å². The average molecular weight is 354 g/mol. The van der Waals surface area contributed by atoms with Gasteiger partial charge in [-0.2, -0.15) is 0 Å². The van der Waals surface area contributed by atoms with E-state index in [4.69, 9.17) is 0 Å². The Labute approximate surface area is 156 Å². The zero-order valence-electron chi connectivity index (χ0n) is 16.0. The molecule has 0 aromatic heterocycles. The van der Waals surface area contributed by atoms with Gasteiger partial charge in [-0.05, 0) is 80.8 Å². The molecule has 3 heteroatoms. The van der Waals surface area contributed by atoms with Crippen LogP contribution in [0.25, 0.3) is 0 Å². The van der Waals surface area contributed by atoms with Crippen molar-refractivity contribution in [1.29, 1.82) is 0 Å². The van der Waals surface area contributed by atoms with Gasteiger partial charge in [0.1, 0.15) is 5.78 Å². The Morgan fingerprint density at radius 2 is 2.12 bits per heavy atom. The van der Waals surface area contributed by atoms with Crippen molar-refractivity contribution in [1.82, 2.24) is 0 Å². The highest BCUT2D eigenvalue weighted by Gasteiger charge is 2.63. The van der Waals surface area contributed by atoms with E-state index in [1.54, 1.807) is 6.92 Å². The summed E-state index contributed by atoms with van der Waals surface area (Å²) in [5.41, 5.74) is 3.87. The number of rotatable bonds is 2. The van der Waals surface area contributed by atoms with Crippen LogP contribution in [0.15, 0.2) is 30.0 Å². The van der Waals surface area contributed by atoms with E-state index < -0.39 is 6.10 Å². The highest BCUT2D eigenvalue weighted by molar-refractivity contribution is 5.91. The molecule has 0 aromatic rings. The fraction of sp³-hybridized carbons (Fsp3) is 0.696. The minimum Gasteiger partial charge on any atom is -0.393 e. The van der Waals surface area contributed by atoms with Gasteiger partial charge in [-0.1, -0.05) is 19.1 Å². The average Bonchev–Trinajstić information content (AvgIpc) is 2.94. The predicted octanol–water partition coefficient (Wildman–Crippen LogP) is 4.02. The SMILES string of the molecule is C=C=C[C@]12C[C@H](O)[C@H]3[C@@H](CCC4=CC(=O)CC[C@@]43C)[C@@H]1CC[C@@H]2C(C)=O. The molecule has 140 valence electrons. The number of Topliss-reactive ketones (excluding diaryl/α,β-unsaturated/α-hetero) is 1. The van der Waals surface area contributed by atoms with Crippen molar-refractivity contribution in [2.45, 2.75) is 64.9 Å². The number of allylic oxidation sites excluding steroid dienone is 2. The van der Waals surface area contributed by atoms with Crippen LogP contribution in [-0.2, 0) is 9.59 Å². The first-order chi connectivity index (χ1) is 12.3. The summed E-state index contributed by atoms with van der Waals surface area (Å²) in [6.07, 6.45) is 9.43. The summed E-state index contributed by atoms with van der Waals surface area (Å²) in [6.45, 7) is 7.76. The molecule has 3 saturated carbocycles. The maximum atomic E-state index is 12.4. The molecule has 0 unspecified atom stereocenters. The number of ketones is 2. The van der Waals surface area contributed by atoms with Gasteiger partial charge in [0.15, 0.2) is 5.78 Å². The molecule has 0 bridgehead atoms. The van der Waals surface area contributed by atoms with Gasteiger partial charge in [0.2, 0.25) is 0 Å². The number of hydrogen-bond donors (Lipinski definition) is 1. The summed E-state index contributed by atoms with van der Waals surface area (Å²) in [7, 11) is 0. The number of carbonyl (C=O) groups is 2. The molecule has 3 nitrogen and oxygen atoms in total. The number of fused-ring (bicyclic) bond motifs is 5. The maximum Gasteiger partial charge on any atom is 0.155 e. The van der Waals surface area contributed by atoms with E-state index in [2.05, 4.69) is 19.2 Å². The third kappa shape index (κ3) is 2.30. The lowest BCUT2D eigenvalue weighted by Crippen LogP contribution is -2.57. The Kier molecular flexibility index (Phi) is 4.17. The van der Waals surface area contributed by atoms with Crippen LogP contribution in [0.3, 0.4) is 0 Å². The lowest BCUT2D eigenvalue weighted by molar-refractivity contribution is -0.138. The Morgan fingerprint density at radius 1 is 1.35 bits per heavy atom. The smallest absolute Gasteiger partial charge is 0.155 e. The predicted molar refractivity (Wildman–Crippen MR) is 100 cm³/mol. The topological polar surface area (TPSA) is 54.4 Å². The van der Waals surface area contributed by atoms with Crippen molar-refractivity contribution >= 4 is 11.6 Å². The Bertz CT molecular complexity index is 728. The van der Waals surface area contributed by atoms with Crippen molar-refractivity contribution in [3.05, 3.63) is 30.0 Å². The Balaban J connectivity index is 1.78. The molecule has 0 radical (unpaired) electrons. The van der Waals surface area contributed by atoms with Crippen LogP contribution in [0.2, 0.25) is 0 Å². The maximum absolute atomic E-state index is 12.4. The van der Waals surface area contributed by atoms with Crippen LogP contribution in [0.1, 0.15) is 58.8 Å². The second-order valence-electron chi connectivity index (χ2n) is 9.36. The Hall–Kier alpha value is -1.44. The third-order valence-electron chi connectivity index (χ3n) is 8.36. The zero-order valence-corrected chi connectivity index (χ0v) is 16.0. The highest BCUT2D eigenvalue weighted by atomic mass is 16.3. The Morgan fingerprint density at radius 3 is 2.81 bits per heavy atom. The van der Waals surface area contributed by atoms with Gasteiger partial charge >= 0.3 is 0 Å². The van der Waals surface area contributed by atoms with E-state index in [1.807, 2.05) is 12.2 Å². The molecule has 4 aliphatic rings. The van der Waals surface area contributed by atoms with Gasteiger partial charge in [0, 0.05) is 17.8 Å². The fourth-order valence-electron chi connectivity index (χ4n) is 7.42. The van der Waals surface area contributed by atoms with Crippen molar-refractivity contribution in [3.63, 3.8) is 0 Å². The van der Waals surface area contributed by atoms with Crippen LogP contribution in [0, 0.1) is 34.5 Å². The number of aliphatic hydroxyl groups excluding tert-OH is 1. The van der Waals surface area contributed by atoms with Crippen molar-refractivity contribution < 1.29 is 14.7 Å². The lowest BCUT2D eigenvalue weighted by Gasteiger charge is -2.59. The van der Waals surface area contributed by atoms with E-state index in [0.29, 0.717) is 24.7 Å². The minimum atomic E-state index is -0.442. The van der Waals surface area contributed by atoms with Gasteiger partial charge in [-0.15, -0.1) is 5.73 Å². The van der Waals surface area contributed by atoms with Crippen LogP contribution in [-0.4, -0.2) is 22.8 Å². The molecule has 1 N–H and O–H groups in total. The van der Waals surface area contributed by atoms with Gasteiger partial charge in [-0.3, -0.25) is 9.59 Å². The van der Waals surface area contributed by atoms with Crippen molar-refractivity contribution in [3.8, 4) is 0 Å². The van der Waals surface area contributed by atoms with E-state index in [1.165, 1.54) is 5.57 Å². The molecule has 0 aromatic carbocycles. The standard InChI is InChI=1S/C23H30O3/c1-4-10-23-13-20(26)21-17(19(23)8-7-18(23)14(2)24)6-5-15-12-16(25)9-11-22(15,21)3/h10,12,17-21,26H,1,5-9,11,13H2,2-3H3/t17-,18+,19-,20-,21+,22-,23+/m0/s1. The van der Waals surface area contributed by atoms with Crippen molar-refractivity contribution in [2.75, 3.05) is 0 Å². The van der Waals surface area contributed by atoms with Crippen LogP contribution < -0.4 is 0 Å². The lowest BCUT2D eigenvalue weighted by atomic mass is 9.45. The number of carbonyl (C=O) groups excluding carboxylic acids is 2. The van der Waals surface area contributed by atoms with Crippen LogP contribution in [0.5, 0.6) is 0 Å². The summed E-state index contributed by atoms with van der Waals surface area (Å²) in [5, 5.41) is 11.3. The summed E-state index contributed by atoms with van der Waals surface area (Å²) in [5.74, 6) is 1.46. The summed E-state index contributed by atoms with van der Waals surface area (Å²) in [6, 6.07) is 0. The summed E-state index contributed by atoms with van der Waals surface area (Å²) in [4.78, 5) is 24.3. The molecular formula is C23H30O3. The first kappa shape index (κ1) is 17.9. The van der Waals surface area contributed by atoms with Crippen LogP contribution >= 0.6 is 0 Å². The van der Waals surface area contributed by atoms with Gasteiger partial charge in [0.05, 0.1) is 6.10 Å². The first-order valence-electron chi connectivity index (χ1n) is 10.1. The summed E-state index contributed by atoms with van der Waals surface area (Å²) < 4.78 is 0. The molecule has 4 rings (SSSR count). The molecule has 4 aliphatic carbocycles. The molecular weight excluding hydrogens is 324 g/mol. The molecule has 0 spiro atoms. The number of aliphatic hydroxyl groups is 1. The number of hydrogen-bond acceptors (Lipinski definition) is 3. The monoisotopic (exact) mass is 354 g/mol.